The molecule has 0 bridgehead atoms. The van der Waals surface area contributed by atoms with Crippen molar-refractivity contribution >= 4 is 11.8 Å². The minimum atomic E-state index is -2.26. The van der Waals surface area contributed by atoms with E-state index in [1.165, 1.54) is 6.92 Å². The van der Waals surface area contributed by atoms with Crippen molar-refractivity contribution in [3.8, 4) is 0 Å². The topological polar surface area (TPSA) is 83.8 Å². The van der Waals surface area contributed by atoms with E-state index < -0.39 is 23.5 Å². The quantitative estimate of drug-likeness (QED) is 0.377. The third-order valence-corrected chi connectivity index (χ3v) is 2.24. The number of rotatable bonds is 7. The summed E-state index contributed by atoms with van der Waals surface area (Å²) in [5, 5.41) is 18.6. The lowest BCUT2D eigenvalue weighted by molar-refractivity contribution is -0.171. The van der Waals surface area contributed by atoms with Gasteiger partial charge in [0.05, 0.1) is 6.61 Å². The molecule has 94 valence electrons. The van der Waals surface area contributed by atoms with E-state index in [0.717, 1.165) is 19.8 Å². The summed E-state index contributed by atoms with van der Waals surface area (Å²) in [6, 6.07) is 0. The zero-order valence-corrected chi connectivity index (χ0v) is 10.0. The molecule has 5 nitrogen and oxygen atoms in total. The molecule has 5 heteroatoms. The zero-order valence-electron chi connectivity index (χ0n) is 10.0. The fraction of sp³-hybridized carbons (Fsp3) is 0.818. The summed E-state index contributed by atoms with van der Waals surface area (Å²) in [6.45, 7) is 4.41. The third kappa shape index (κ3) is 4.28. The summed E-state index contributed by atoms with van der Waals surface area (Å²) in [5.74, 6) is -1.96. The lowest BCUT2D eigenvalue weighted by atomic mass is 9.98. The van der Waals surface area contributed by atoms with Crippen LogP contribution < -0.4 is 0 Å². The van der Waals surface area contributed by atoms with E-state index in [0.29, 0.717) is 6.42 Å². The molecule has 2 N–H and O–H groups in total. The van der Waals surface area contributed by atoms with Crippen LogP contribution in [0.3, 0.4) is 0 Å². The lowest BCUT2D eigenvalue weighted by Gasteiger charge is -2.21. The predicted molar refractivity (Wildman–Crippen MR) is 57.8 cm³/mol. The van der Waals surface area contributed by atoms with E-state index in [1.54, 1.807) is 0 Å². The highest BCUT2D eigenvalue weighted by Gasteiger charge is 2.42. The number of hydrogen-bond donors (Lipinski definition) is 2. The first-order valence-electron chi connectivity index (χ1n) is 5.46. The van der Waals surface area contributed by atoms with Gasteiger partial charge in [-0.15, -0.1) is 0 Å². The molecule has 0 amide bonds. The summed E-state index contributed by atoms with van der Waals surface area (Å²) in [6.07, 6.45) is 1.21. The second kappa shape index (κ2) is 6.60. The van der Waals surface area contributed by atoms with Crippen molar-refractivity contribution in [2.24, 2.45) is 0 Å². The first-order chi connectivity index (χ1) is 7.34. The number of unbranched alkanes of at least 4 members (excludes halogenated alkanes) is 2. The van der Waals surface area contributed by atoms with Gasteiger partial charge in [-0.1, -0.05) is 19.8 Å². The number of esters is 1. The SMILES string of the molecule is CCCCCOC(=O)C(C)(O)C(=O)C(C)O. The van der Waals surface area contributed by atoms with Crippen LogP contribution in [-0.4, -0.2) is 40.3 Å². The minimum absolute atomic E-state index is 0.177. The van der Waals surface area contributed by atoms with Gasteiger partial charge in [-0.2, -0.15) is 0 Å². The molecule has 0 rings (SSSR count). The van der Waals surface area contributed by atoms with Crippen LogP contribution in [0.1, 0.15) is 40.0 Å². The smallest absolute Gasteiger partial charge is 0.345 e. The highest BCUT2D eigenvalue weighted by atomic mass is 16.6. The Kier molecular flexibility index (Phi) is 6.21. The molecule has 0 aromatic heterocycles. The van der Waals surface area contributed by atoms with E-state index in [9.17, 15) is 14.7 Å². The maximum absolute atomic E-state index is 11.4. The first-order valence-corrected chi connectivity index (χ1v) is 5.46. The first kappa shape index (κ1) is 15.1. The Hall–Kier alpha value is -0.940. The van der Waals surface area contributed by atoms with E-state index in [-0.39, 0.29) is 6.61 Å². The number of hydrogen-bond acceptors (Lipinski definition) is 5. The van der Waals surface area contributed by atoms with Crippen LogP contribution in [0.4, 0.5) is 0 Å². The predicted octanol–water partition coefficient (Wildman–Crippen LogP) is 0.421. The van der Waals surface area contributed by atoms with Gasteiger partial charge in [0.2, 0.25) is 11.4 Å². The molecule has 0 aliphatic rings. The van der Waals surface area contributed by atoms with Crippen molar-refractivity contribution in [1.82, 2.24) is 0 Å². The molecule has 0 saturated heterocycles. The molecule has 16 heavy (non-hydrogen) atoms. The van der Waals surface area contributed by atoms with E-state index in [2.05, 4.69) is 0 Å². The van der Waals surface area contributed by atoms with Crippen LogP contribution in [-0.2, 0) is 14.3 Å². The maximum atomic E-state index is 11.4. The van der Waals surface area contributed by atoms with Gasteiger partial charge in [0.25, 0.3) is 0 Å². The van der Waals surface area contributed by atoms with Gasteiger partial charge in [0.15, 0.2) is 0 Å². The monoisotopic (exact) mass is 232 g/mol. The number of carbonyl (C=O) groups excluding carboxylic acids is 2. The normalized spacial score (nSPS) is 16.3. The van der Waals surface area contributed by atoms with Crippen LogP contribution >= 0.6 is 0 Å². The standard InChI is InChI=1S/C11H20O5/c1-4-5-6-7-16-10(14)11(3,15)9(13)8(2)12/h8,12,15H,4-7H2,1-3H3. The van der Waals surface area contributed by atoms with Crippen molar-refractivity contribution in [2.45, 2.75) is 51.7 Å². The maximum Gasteiger partial charge on any atom is 0.345 e. The molecule has 2 unspecified atom stereocenters. The molecular formula is C11H20O5. The van der Waals surface area contributed by atoms with Crippen LogP contribution in [0.15, 0.2) is 0 Å². The average molecular weight is 232 g/mol. The second-order valence-corrected chi connectivity index (χ2v) is 3.96. The van der Waals surface area contributed by atoms with Gasteiger partial charge in [-0.05, 0) is 20.3 Å². The zero-order chi connectivity index (χ0) is 12.8. The van der Waals surface area contributed by atoms with E-state index in [4.69, 9.17) is 9.84 Å². The summed E-state index contributed by atoms with van der Waals surface area (Å²) < 4.78 is 4.76. The summed E-state index contributed by atoms with van der Waals surface area (Å²) in [7, 11) is 0. The number of carbonyl (C=O) groups is 2. The summed E-state index contributed by atoms with van der Waals surface area (Å²) in [5.41, 5.74) is -2.26. The average Bonchev–Trinajstić information content (AvgIpc) is 2.22. The number of ether oxygens (including phenoxy) is 1. The van der Waals surface area contributed by atoms with Crippen molar-refractivity contribution in [3.05, 3.63) is 0 Å². The van der Waals surface area contributed by atoms with Crippen molar-refractivity contribution < 1.29 is 24.5 Å². The Bertz CT molecular complexity index is 245. The molecular weight excluding hydrogens is 212 g/mol. The van der Waals surface area contributed by atoms with Crippen molar-refractivity contribution in [2.75, 3.05) is 6.61 Å². The van der Waals surface area contributed by atoms with Gasteiger partial charge in [0.1, 0.15) is 6.10 Å². The number of ketones is 1. The molecule has 2 atom stereocenters. The van der Waals surface area contributed by atoms with Gasteiger partial charge in [-0.25, -0.2) is 4.79 Å². The van der Waals surface area contributed by atoms with Crippen molar-refractivity contribution in [3.63, 3.8) is 0 Å². The molecule has 0 aromatic rings. The van der Waals surface area contributed by atoms with E-state index in [1.807, 2.05) is 6.92 Å². The Morgan fingerprint density at radius 3 is 2.38 bits per heavy atom. The highest BCUT2D eigenvalue weighted by molar-refractivity contribution is 6.08. The molecule has 0 aromatic carbocycles. The van der Waals surface area contributed by atoms with Gasteiger partial charge >= 0.3 is 5.97 Å². The van der Waals surface area contributed by atoms with E-state index >= 15 is 0 Å². The van der Waals surface area contributed by atoms with Crippen molar-refractivity contribution in [1.29, 1.82) is 0 Å². The van der Waals surface area contributed by atoms with Crippen LogP contribution in [0.2, 0.25) is 0 Å². The Balaban J connectivity index is 4.20. The second-order valence-electron chi connectivity index (χ2n) is 3.96. The highest BCUT2D eigenvalue weighted by Crippen LogP contribution is 2.11. The number of aliphatic hydroxyl groups excluding tert-OH is 1. The van der Waals surface area contributed by atoms with Crippen LogP contribution in [0.25, 0.3) is 0 Å². The third-order valence-electron chi connectivity index (χ3n) is 2.24. The number of aliphatic hydroxyl groups is 2. The Labute approximate surface area is 95.4 Å². The number of Topliss-reactive ketones (excluding diaryl/α,β-unsaturated/α-hetero) is 1. The molecule has 0 spiro atoms. The Morgan fingerprint density at radius 2 is 1.94 bits per heavy atom. The van der Waals surface area contributed by atoms with Crippen LogP contribution in [0.5, 0.6) is 0 Å². The Morgan fingerprint density at radius 1 is 1.38 bits per heavy atom. The van der Waals surface area contributed by atoms with Gasteiger partial charge < -0.3 is 14.9 Å². The fourth-order valence-corrected chi connectivity index (χ4v) is 1.16. The molecule has 0 saturated carbocycles. The molecule has 0 heterocycles. The fourth-order valence-electron chi connectivity index (χ4n) is 1.16. The molecule has 0 aliphatic carbocycles. The lowest BCUT2D eigenvalue weighted by Crippen LogP contribution is -2.49. The van der Waals surface area contributed by atoms with Gasteiger partial charge in [0, 0.05) is 0 Å². The van der Waals surface area contributed by atoms with Gasteiger partial charge in [-0.3, -0.25) is 4.79 Å². The minimum Gasteiger partial charge on any atom is -0.463 e. The summed E-state index contributed by atoms with van der Waals surface area (Å²) in [4.78, 5) is 22.7. The largest absolute Gasteiger partial charge is 0.463 e. The summed E-state index contributed by atoms with van der Waals surface area (Å²) >= 11 is 0. The molecule has 0 fully saturated rings. The van der Waals surface area contributed by atoms with Crippen LogP contribution in [0, 0.1) is 0 Å². The molecule has 0 aliphatic heterocycles. The molecule has 0 radical (unpaired) electrons.